The van der Waals surface area contributed by atoms with Gasteiger partial charge in [0.1, 0.15) is 12.1 Å². The Hall–Kier alpha value is -2.02. The first-order valence-electron chi connectivity index (χ1n) is 10.8. The summed E-state index contributed by atoms with van der Waals surface area (Å²) >= 11 is 4.40. The van der Waals surface area contributed by atoms with E-state index in [4.69, 9.17) is 0 Å². The zero-order valence-corrected chi connectivity index (χ0v) is 18.7. The zero-order valence-electron chi connectivity index (χ0n) is 17.8. The van der Waals surface area contributed by atoms with Gasteiger partial charge < -0.3 is 15.7 Å². The van der Waals surface area contributed by atoms with E-state index in [0.29, 0.717) is 18.6 Å². The Kier molecular flexibility index (Phi) is 9.69. The van der Waals surface area contributed by atoms with Crippen LogP contribution in [-0.2, 0) is 20.8 Å². The molecule has 1 saturated carbocycles. The quantitative estimate of drug-likeness (QED) is 0.426. The van der Waals surface area contributed by atoms with Crippen LogP contribution in [0.5, 0.6) is 0 Å². The van der Waals surface area contributed by atoms with Gasteiger partial charge in [-0.2, -0.15) is 12.6 Å². The second kappa shape index (κ2) is 12.0. The number of thiol groups is 1. The van der Waals surface area contributed by atoms with E-state index in [0.717, 1.165) is 31.2 Å². The summed E-state index contributed by atoms with van der Waals surface area (Å²) in [6.07, 6.45) is 4.49. The number of carboxylic acid groups (broad SMARTS) is 1. The fraction of sp³-hybridized carbons (Fsp3) is 0.609. The van der Waals surface area contributed by atoms with Crippen LogP contribution in [0.4, 0.5) is 0 Å². The van der Waals surface area contributed by atoms with E-state index in [1.165, 1.54) is 0 Å². The van der Waals surface area contributed by atoms with Crippen molar-refractivity contribution in [1.29, 1.82) is 0 Å². The van der Waals surface area contributed by atoms with E-state index in [1.807, 2.05) is 44.2 Å². The smallest absolute Gasteiger partial charge is 0.326 e. The molecule has 0 aromatic heterocycles. The minimum Gasteiger partial charge on any atom is -0.480 e. The van der Waals surface area contributed by atoms with Crippen LogP contribution in [0.2, 0.25) is 0 Å². The summed E-state index contributed by atoms with van der Waals surface area (Å²) in [5, 5.41) is 15.0. The number of carbonyl (C=O) groups excluding carboxylic acids is 2. The minimum absolute atomic E-state index is 0.118. The minimum atomic E-state index is -1.07. The molecule has 1 aromatic carbocycles. The normalized spacial score (nSPS) is 20.9. The molecule has 3 N–H and O–H groups in total. The van der Waals surface area contributed by atoms with E-state index >= 15 is 0 Å². The van der Waals surface area contributed by atoms with Crippen molar-refractivity contribution in [2.75, 3.05) is 5.75 Å². The number of nitrogens with one attached hydrogen (secondary N) is 2. The zero-order chi connectivity index (χ0) is 22.1. The Morgan fingerprint density at radius 3 is 2.33 bits per heavy atom. The van der Waals surface area contributed by atoms with Gasteiger partial charge in [0.15, 0.2) is 0 Å². The van der Waals surface area contributed by atoms with Crippen molar-refractivity contribution in [3.63, 3.8) is 0 Å². The van der Waals surface area contributed by atoms with Gasteiger partial charge in [-0.15, -0.1) is 0 Å². The highest BCUT2D eigenvalue weighted by Crippen LogP contribution is 2.31. The summed E-state index contributed by atoms with van der Waals surface area (Å²) in [5.41, 5.74) is 0.906. The lowest BCUT2D eigenvalue weighted by Gasteiger charge is -2.31. The highest BCUT2D eigenvalue weighted by molar-refractivity contribution is 7.80. The van der Waals surface area contributed by atoms with Crippen molar-refractivity contribution in [1.82, 2.24) is 10.6 Å². The van der Waals surface area contributed by atoms with Gasteiger partial charge in [0, 0.05) is 12.3 Å². The number of rotatable bonds is 10. The Balaban J connectivity index is 2.15. The monoisotopic (exact) mass is 434 g/mol. The number of hydrogen-bond donors (Lipinski definition) is 4. The summed E-state index contributed by atoms with van der Waals surface area (Å²) < 4.78 is 0. The molecule has 0 radical (unpaired) electrons. The number of amides is 2. The molecule has 2 rings (SSSR count). The molecular weight excluding hydrogens is 400 g/mol. The van der Waals surface area contributed by atoms with E-state index in [-0.39, 0.29) is 23.7 Å². The van der Waals surface area contributed by atoms with Gasteiger partial charge in [-0.3, -0.25) is 9.59 Å². The molecule has 2 amide bonds. The predicted octanol–water partition coefficient (Wildman–Crippen LogP) is 3.07. The molecule has 7 heteroatoms. The molecule has 0 spiro atoms. The third-order valence-electron chi connectivity index (χ3n) is 5.72. The molecule has 166 valence electrons. The second-order valence-corrected chi connectivity index (χ2v) is 8.98. The van der Waals surface area contributed by atoms with E-state index in [1.54, 1.807) is 0 Å². The molecule has 0 unspecified atom stereocenters. The SMILES string of the molecule is CC(C)C[C@H](NC(=O)[C@H](Cc1ccccc1)NC(=O)[C@@H]1CCCC[C@H]1CS)C(=O)O. The van der Waals surface area contributed by atoms with E-state index in [9.17, 15) is 19.5 Å². The third kappa shape index (κ3) is 7.35. The van der Waals surface area contributed by atoms with Crippen LogP contribution in [-0.4, -0.2) is 40.7 Å². The molecule has 1 aliphatic carbocycles. The van der Waals surface area contributed by atoms with Crippen molar-refractivity contribution in [3.05, 3.63) is 35.9 Å². The third-order valence-corrected chi connectivity index (χ3v) is 6.19. The lowest BCUT2D eigenvalue weighted by Crippen LogP contribution is -2.54. The van der Waals surface area contributed by atoms with Crippen molar-refractivity contribution in [3.8, 4) is 0 Å². The first kappa shape index (κ1) is 24.3. The fourth-order valence-corrected chi connectivity index (χ4v) is 4.51. The molecule has 1 fully saturated rings. The van der Waals surface area contributed by atoms with Gasteiger partial charge >= 0.3 is 5.97 Å². The van der Waals surface area contributed by atoms with Crippen LogP contribution < -0.4 is 10.6 Å². The molecule has 0 aliphatic heterocycles. The maximum Gasteiger partial charge on any atom is 0.326 e. The fourth-order valence-electron chi connectivity index (χ4n) is 4.07. The lowest BCUT2D eigenvalue weighted by atomic mass is 9.79. The van der Waals surface area contributed by atoms with Gasteiger partial charge in [-0.25, -0.2) is 4.79 Å². The van der Waals surface area contributed by atoms with Crippen molar-refractivity contribution in [2.45, 2.75) is 64.5 Å². The highest BCUT2D eigenvalue weighted by atomic mass is 32.1. The summed E-state index contributed by atoms with van der Waals surface area (Å²) in [5.74, 6) is -0.859. The van der Waals surface area contributed by atoms with Gasteiger partial charge in [0.05, 0.1) is 0 Å². The molecule has 4 atom stereocenters. The van der Waals surface area contributed by atoms with Gasteiger partial charge in [0.25, 0.3) is 0 Å². The number of carbonyl (C=O) groups is 3. The van der Waals surface area contributed by atoms with Crippen LogP contribution in [0.25, 0.3) is 0 Å². The van der Waals surface area contributed by atoms with E-state index in [2.05, 4.69) is 23.3 Å². The summed E-state index contributed by atoms with van der Waals surface area (Å²) in [6.45, 7) is 3.82. The predicted molar refractivity (Wildman–Crippen MR) is 120 cm³/mol. The van der Waals surface area contributed by atoms with Crippen LogP contribution in [0.15, 0.2) is 30.3 Å². The van der Waals surface area contributed by atoms with Crippen LogP contribution >= 0.6 is 12.6 Å². The van der Waals surface area contributed by atoms with Gasteiger partial charge in [0.2, 0.25) is 11.8 Å². The summed E-state index contributed by atoms with van der Waals surface area (Å²) in [7, 11) is 0. The summed E-state index contributed by atoms with van der Waals surface area (Å²) in [6, 6.07) is 7.63. The van der Waals surface area contributed by atoms with Crippen LogP contribution in [0, 0.1) is 17.8 Å². The van der Waals surface area contributed by atoms with Crippen LogP contribution in [0.3, 0.4) is 0 Å². The van der Waals surface area contributed by atoms with Gasteiger partial charge in [-0.05, 0) is 42.4 Å². The number of hydrogen-bond acceptors (Lipinski definition) is 4. The molecule has 0 saturated heterocycles. The van der Waals surface area contributed by atoms with Crippen LogP contribution in [0.1, 0.15) is 51.5 Å². The molecule has 1 aliphatic rings. The number of carboxylic acids is 1. The second-order valence-electron chi connectivity index (χ2n) is 8.61. The number of benzene rings is 1. The molecular formula is C23H34N2O4S. The average molecular weight is 435 g/mol. The standard InChI is InChI=1S/C23H34N2O4S/c1-15(2)12-20(23(28)29)25-22(27)19(13-16-8-4-3-5-9-16)24-21(26)18-11-7-6-10-17(18)14-30/h3-5,8-9,15,17-20,30H,6-7,10-14H2,1-2H3,(H,24,26)(H,25,27)(H,28,29)/t17-,18+,19-,20-/m0/s1. The molecule has 0 heterocycles. The lowest BCUT2D eigenvalue weighted by molar-refractivity contribution is -0.142. The Bertz CT molecular complexity index is 710. The first-order valence-corrected chi connectivity index (χ1v) is 11.4. The van der Waals surface area contributed by atoms with Gasteiger partial charge in [-0.1, -0.05) is 57.0 Å². The highest BCUT2D eigenvalue weighted by Gasteiger charge is 2.33. The molecule has 0 bridgehead atoms. The topological polar surface area (TPSA) is 95.5 Å². The maximum absolute atomic E-state index is 13.0. The molecule has 1 aromatic rings. The summed E-state index contributed by atoms with van der Waals surface area (Å²) in [4.78, 5) is 37.6. The maximum atomic E-state index is 13.0. The average Bonchev–Trinajstić information content (AvgIpc) is 2.72. The molecule has 6 nitrogen and oxygen atoms in total. The van der Waals surface area contributed by atoms with Crippen molar-refractivity contribution >= 4 is 30.4 Å². The van der Waals surface area contributed by atoms with Crippen molar-refractivity contribution in [2.24, 2.45) is 17.8 Å². The van der Waals surface area contributed by atoms with E-state index < -0.39 is 24.0 Å². The Morgan fingerprint density at radius 2 is 1.73 bits per heavy atom. The Morgan fingerprint density at radius 1 is 1.07 bits per heavy atom. The molecule has 30 heavy (non-hydrogen) atoms. The number of aliphatic carboxylic acids is 1. The largest absolute Gasteiger partial charge is 0.480 e. The van der Waals surface area contributed by atoms with Crippen molar-refractivity contribution < 1.29 is 19.5 Å². The Labute approximate surface area is 184 Å². The first-order chi connectivity index (χ1) is 14.3.